The largest absolute Gasteiger partial charge is 0.348 e. The van der Waals surface area contributed by atoms with E-state index >= 15 is 0 Å². The van der Waals surface area contributed by atoms with E-state index in [1.807, 2.05) is 12.1 Å². The second-order valence-corrected chi connectivity index (χ2v) is 9.04. The smallest absolute Gasteiger partial charge is 0.251 e. The molecule has 1 aliphatic heterocycles. The first kappa shape index (κ1) is 20.4. The SMILES string of the molecule is CS(=O)(=O)Nc1ccc(C(=O)NCc2cccc(CN3CCCCC3)c2)cc1. The summed E-state index contributed by atoms with van der Waals surface area (Å²) < 4.78 is 24.9. The molecule has 28 heavy (non-hydrogen) atoms. The molecule has 1 heterocycles. The van der Waals surface area contributed by atoms with Gasteiger partial charge in [0.1, 0.15) is 0 Å². The van der Waals surface area contributed by atoms with Crippen molar-refractivity contribution < 1.29 is 13.2 Å². The molecule has 0 bridgehead atoms. The summed E-state index contributed by atoms with van der Waals surface area (Å²) in [4.78, 5) is 14.8. The van der Waals surface area contributed by atoms with Gasteiger partial charge in [-0.3, -0.25) is 14.4 Å². The number of carbonyl (C=O) groups is 1. The van der Waals surface area contributed by atoms with Gasteiger partial charge in [0.2, 0.25) is 10.0 Å². The molecule has 2 aromatic carbocycles. The van der Waals surface area contributed by atoms with Gasteiger partial charge in [-0.1, -0.05) is 30.7 Å². The number of hydrogen-bond acceptors (Lipinski definition) is 4. The maximum absolute atomic E-state index is 12.4. The van der Waals surface area contributed by atoms with Gasteiger partial charge < -0.3 is 5.32 Å². The van der Waals surface area contributed by atoms with Crippen LogP contribution in [0.5, 0.6) is 0 Å². The van der Waals surface area contributed by atoms with Crippen LogP contribution < -0.4 is 10.0 Å². The molecule has 1 saturated heterocycles. The van der Waals surface area contributed by atoms with Crippen LogP contribution in [0.25, 0.3) is 0 Å². The van der Waals surface area contributed by atoms with Crippen molar-refractivity contribution in [3.05, 3.63) is 65.2 Å². The van der Waals surface area contributed by atoms with Gasteiger partial charge in [-0.25, -0.2) is 8.42 Å². The quantitative estimate of drug-likeness (QED) is 0.748. The van der Waals surface area contributed by atoms with Gasteiger partial charge in [-0.15, -0.1) is 0 Å². The zero-order chi connectivity index (χ0) is 20.0. The van der Waals surface area contributed by atoms with E-state index < -0.39 is 10.0 Å². The van der Waals surface area contributed by atoms with Crippen molar-refractivity contribution in [2.24, 2.45) is 0 Å². The van der Waals surface area contributed by atoms with Crippen molar-refractivity contribution in [2.75, 3.05) is 24.1 Å². The van der Waals surface area contributed by atoms with Crippen LogP contribution in [0.15, 0.2) is 48.5 Å². The Morgan fingerprint density at radius 2 is 1.68 bits per heavy atom. The normalized spacial score (nSPS) is 15.2. The highest BCUT2D eigenvalue weighted by atomic mass is 32.2. The first-order valence-electron chi connectivity index (χ1n) is 9.55. The fourth-order valence-corrected chi connectivity index (χ4v) is 3.97. The average molecular weight is 402 g/mol. The zero-order valence-corrected chi connectivity index (χ0v) is 17.0. The van der Waals surface area contributed by atoms with Crippen molar-refractivity contribution in [1.82, 2.24) is 10.2 Å². The van der Waals surface area contributed by atoms with Gasteiger partial charge in [0.15, 0.2) is 0 Å². The molecule has 1 aliphatic rings. The number of sulfonamides is 1. The number of likely N-dealkylation sites (tertiary alicyclic amines) is 1. The lowest BCUT2D eigenvalue weighted by atomic mass is 10.1. The van der Waals surface area contributed by atoms with Crippen LogP contribution in [-0.4, -0.2) is 38.6 Å². The molecule has 7 heteroatoms. The number of nitrogens with zero attached hydrogens (tertiary/aromatic N) is 1. The highest BCUT2D eigenvalue weighted by Gasteiger charge is 2.11. The van der Waals surface area contributed by atoms with Gasteiger partial charge in [0, 0.05) is 24.3 Å². The van der Waals surface area contributed by atoms with Crippen molar-refractivity contribution in [1.29, 1.82) is 0 Å². The van der Waals surface area contributed by atoms with E-state index in [2.05, 4.69) is 27.1 Å². The minimum atomic E-state index is -3.33. The van der Waals surface area contributed by atoms with Gasteiger partial charge in [-0.05, 0) is 61.3 Å². The monoisotopic (exact) mass is 401 g/mol. The lowest BCUT2D eigenvalue weighted by Crippen LogP contribution is -2.29. The van der Waals surface area contributed by atoms with Crippen molar-refractivity contribution in [3.8, 4) is 0 Å². The first-order chi connectivity index (χ1) is 13.4. The lowest BCUT2D eigenvalue weighted by molar-refractivity contribution is 0.0951. The Labute approximate surface area is 167 Å². The van der Waals surface area contributed by atoms with Crippen LogP contribution in [-0.2, 0) is 23.1 Å². The molecular formula is C21H27N3O3S. The zero-order valence-electron chi connectivity index (χ0n) is 16.1. The first-order valence-corrected chi connectivity index (χ1v) is 11.4. The van der Waals surface area contributed by atoms with Crippen LogP contribution in [0.1, 0.15) is 40.7 Å². The van der Waals surface area contributed by atoms with Crippen LogP contribution >= 0.6 is 0 Å². The molecule has 3 rings (SSSR count). The second kappa shape index (κ2) is 9.21. The fraction of sp³-hybridized carbons (Fsp3) is 0.381. The van der Waals surface area contributed by atoms with Gasteiger partial charge in [0.05, 0.1) is 6.26 Å². The molecule has 2 aromatic rings. The second-order valence-electron chi connectivity index (χ2n) is 7.29. The number of carbonyl (C=O) groups excluding carboxylic acids is 1. The number of anilines is 1. The number of nitrogens with one attached hydrogen (secondary N) is 2. The van der Waals surface area contributed by atoms with E-state index in [0.29, 0.717) is 17.8 Å². The highest BCUT2D eigenvalue weighted by Crippen LogP contribution is 2.15. The summed E-state index contributed by atoms with van der Waals surface area (Å²) >= 11 is 0. The molecular weight excluding hydrogens is 374 g/mol. The van der Waals surface area contributed by atoms with Crippen molar-refractivity contribution >= 4 is 21.6 Å². The number of rotatable bonds is 7. The van der Waals surface area contributed by atoms with Crippen LogP contribution in [0.2, 0.25) is 0 Å². The molecule has 0 radical (unpaired) electrons. The molecule has 0 spiro atoms. The Bertz CT molecular complexity index is 905. The standard InChI is InChI=1S/C21H27N3O3S/c1-28(26,27)23-20-10-8-19(9-11-20)21(25)22-15-17-6-5-7-18(14-17)16-24-12-3-2-4-13-24/h5-11,14,23H,2-4,12-13,15-16H2,1H3,(H,22,25). The van der Waals surface area contributed by atoms with E-state index in [9.17, 15) is 13.2 Å². The van der Waals surface area contributed by atoms with Crippen LogP contribution in [0, 0.1) is 0 Å². The fourth-order valence-electron chi connectivity index (χ4n) is 3.40. The third-order valence-corrected chi connectivity index (χ3v) is 5.36. The maximum Gasteiger partial charge on any atom is 0.251 e. The van der Waals surface area contributed by atoms with Gasteiger partial charge in [-0.2, -0.15) is 0 Å². The van der Waals surface area contributed by atoms with Crippen LogP contribution in [0.4, 0.5) is 5.69 Å². The summed E-state index contributed by atoms with van der Waals surface area (Å²) in [6.07, 6.45) is 4.96. The molecule has 0 saturated carbocycles. The lowest BCUT2D eigenvalue weighted by Gasteiger charge is -2.26. The van der Waals surface area contributed by atoms with E-state index in [4.69, 9.17) is 0 Å². The Morgan fingerprint density at radius 3 is 2.36 bits per heavy atom. The number of amides is 1. The molecule has 0 unspecified atom stereocenters. The molecule has 2 N–H and O–H groups in total. The minimum Gasteiger partial charge on any atom is -0.348 e. The maximum atomic E-state index is 12.4. The topological polar surface area (TPSA) is 78.5 Å². The summed E-state index contributed by atoms with van der Waals surface area (Å²) in [5.74, 6) is -0.188. The average Bonchev–Trinajstić information content (AvgIpc) is 2.66. The molecule has 6 nitrogen and oxygen atoms in total. The molecule has 1 amide bonds. The Morgan fingerprint density at radius 1 is 1.00 bits per heavy atom. The molecule has 0 aliphatic carbocycles. The number of benzene rings is 2. The molecule has 1 fully saturated rings. The number of hydrogen-bond donors (Lipinski definition) is 2. The molecule has 0 atom stereocenters. The van der Waals surface area contributed by atoms with Crippen molar-refractivity contribution in [2.45, 2.75) is 32.4 Å². The number of piperidine rings is 1. The van der Waals surface area contributed by atoms with Gasteiger partial charge in [0.25, 0.3) is 5.91 Å². The van der Waals surface area contributed by atoms with Gasteiger partial charge >= 0.3 is 0 Å². The third kappa shape index (κ3) is 6.35. The minimum absolute atomic E-state index is 0.188. The molecule has 0 aromatic heterocycles. The summed E-state index contributed by atoms with van der Waals surface area (Å²) in [5, 5.41) is 2.92. The molecule has 150 valence electrons. The predicted octanol–water partition coefficient (Wildman–Crippen LogP) is 2.97. The van der Waals surface area contributed by atoms with E-state index in [1.165, 1.54) is 24.8 Å². The Kier molecular flexibility index (Phi) is 6.70. The highest BCUT2D eigenvalue weighted by molar-refractivity contribution is 7.92. The van der Waals surface area contributed by atoms with Crippen LogP contribution in [0.3, 0.4) is 0 Å². The van der Waals surface area contributed by atoms with E-state index in [0.717, 1.165) is 31.5 Å². The summed E-state index contributed by atoms with van der Waals surface area (Å²) in [7, 11) is -3.33. The summed E-state index contributed by atoms with van der Waals surface area (Å²) in [5.41, 5.74) is 3.26. The Hall–Kier alpha value is -2.38. The Balaban J connectivity index is 1.54. The predicted molar refractivity (Wildman–Crippen MR) is 112 cm³/mol. The summed E-state index contributed by atoms with van der Waals surface area (Å²) in [6.45, 7) is 3.73. The van der Waals surface area contributed by atoms with E-state index in [-0.39, 0.29) is 5.91 Å². The van der Waals surface area contributed by atoms with Crippen molar-refractivity contribution in [3.63, 3.8) is 0 Å². The third-order valence-electron chi connectivity index (χ3n) is 4.75. The van der Waals surface area contributed by atoms with E-state index in [1.54, 1.807) is 24.3 Å². The summed E-state index contributed by atoms with van der Waals surface area (Å²) in [6, 6.07) is 14.7.